The molecule has 1 aliphatic carbocycles. The first-order chi connectivity index (χ1) is 10.5. The van der Waals surface area contributed by atoms with Crippen molar-refractivity contribution in [2.24, 2.45) is 17.3 Å². The van der Waals surface area contributed by atoms with Gasteiger partial charge in [-0.25, -0.2) is 0 Å². The first-order valence-electron chi connectivity index (χ1n) is 8.40. The van der Waals surface area contributed by atoms with Crippen LogP contribution in [-0.4, -0.2) is 47.6 Å². The molecule has 0 N–H and O–H groups in total. The van der Waals surface area contributed by atoms with E-state index in [1.807, 2.05) is 26.0 Å². The van der Waals surface area contributed by atoms with Crippen LogP contribution in [0.25, 0.3) is 0 Å². The Morgan fingerprint density at radius 1 is 1.50 bits per heavy atom. The van der Waals surface area contributed by atoms with Crippen LogP contribution in [0, 0.1) is 17.3 Å². The van der Waals surface area contributed by atoms with Gasteiger partial charge in [0.2, 0.25) is 11.8 Å². The molecule has 2 amide bonds. The van der Waals surface area contributed by atoms with Gasteiger partial charge in [-0.05, 0) is 20.8 Å². The number of amides is 2. The van der Waals surface area contributed by atoms with E-state index in [9.17, 15) is 9.59 Å². The number of carbonyl (C=O) groups excluding carboxylic acids is 2. The summed E-state index contributed by atoms with van der Waals surface area (Å²) in [7, 11) is -2.54. The lowest BCUT2D eigenvalue weighted by atomic mass is 9.79. The van der Waals surface area contributed by atoms with Crippen molar-refractivity contribution in [3.8, 4) is 0 Å². The minimum absolute atomic E-state index is 0.114. The molecule has 0 aromatic rings. The molecule has 5 nitrogen and oxygen atoms in total. The van der Waals surface area contributed by atoms with E-state index in [1.165, 1.54) is 4.90 Å². The molecule has 2 saturated heterocycles. The zero-order chi connectivity index (χ0) is 17.0. The maximum atomic E-state index is 13.1. The average molecular weight is 283 g/mol. The molecule has 4 rings (SSSR count). The highest BCUT2D eigenvalue weighted by Gasteiger charge is 2.94. The van der Waals surface area contributed by atoms with Crippen molar-refractivity contribution in [3.63, 3.8) is 0 Å². The summed E-state index contributed by atoms with van der Waals surface area (Å²) >= 11 is 0. The molecule has 108 valence electrons. The van der Waals surface area contributed by atoms with Crippen LogP contribution in [-0.2, 0) is 19.1 Å². The second kappa shape index (κ2) is 3.17. The van der Waals surface area contributed by atoms with Crippen LogP contribution in [0.5, 0.6) is 0 Å². The summed E-state index contributed by atoms with van der Waals surface area (Å²) in [4.78, 5) is 27.0. The van der Waals surface area contributed by atoms with Gasteiger partial charge in [0.25, 0.3) is 0 Å². The lowest BCUT2D eigenvalue weighted by Gasteiger charge is -2.30. The van der Waals surface area contributed by atoms with E-state index in [-0.39, 0.29) is 30.3 Å². The normalized spacial score (nSPS) is 55.4. The van der Waals surface area contributed by atoms with Gasteiger partial charge in [-0.15, -0.1) is 0 Å². The smallest absolute Gasteiger partial charge is 0.240 e. The van der Waals surface area contributed by atoms with Crippen molar-refractivity contribution in [1.82, 2.24) is 4.90 Å². The first-order valence-corrected chi connectivity index (χ1v) is 6.90. The summed E-state index contributed by atoms with van der Waals surface area (Å²) in [5.74, 6) is -0.971. The van der Waals surface area contributed by atoms with Crippen molar-refractivity contribution >= 4 is 11.8 Å². The van der Waals surface area contributed by atoms with Crippen molar-refractivity contribution < 1.29 is 23.2 Å². The lowest BCUT2D eigenvalue weighted by molar-refractivity contribution is -0.148. The number of methoxy groups -OCH3 is 1. The Bertz CT molecular complexity index is 662. The third-order valence-corrected chi connectivity index (χ3v) is 5.65. The predicted molar refractivity (Wildman–Crippen MR) is 69.6 cm³/mol. The largest absolute Gasteiger partial charge is 0.383 e. The SMILES string of the molecule is [3H]C([3H])([3H])OCC(C)N1C(=O)C2C3C4(C)C=CC(C)(O4)C23C1=O. The number of nitrogens with zero attached hydrogens (tertiary/aromatic N) is 1. The first kappa shape index (κ1) is 9.68. The molecule has 3 aliphatic heterocycles. The molecule has 0 radical (unpaired) electrons. The third-order valence-electron chi connectivity index (χ3n) is 5.65. The molecule has 3 heterocycles. The zero-order valence-electron chi connectivity index (χ0n) is 14.7. The molecule has 0 aromatic carbocycles. The van der Waals surface area contributed by atoms with Gasteiger partial charge in [-0.3, -0.25) is 14.5 Å². The average Bonchev–Trinajstić information content (AvgIpc) is 2.92. The lowest BCUT2D eigenvalue weighted by Crippen LogP contribution is -2.48. The fourth-order valence-electron chi connectivity index (χ4n) is 4.90. The van der Waals surface area contributed by atoms with Crippen LogP contribution >= 0.6 is 0 Å². The van der Waals surface area contributed by atoms with E-state index in [0.29, 0.717) is 0 Å². The molecule has 6 unspecified atom stereocenters. The van der Waals surface area contributed by atoms with Crippen LogP contribution in [0.3, 0.4) is 0 Å². The summed E-state index contributed by atoms with van der Waals surface area (Å²) in [5.41, 5.74) is -2.14. The maximum absolute atomic E-state index is 13.1. The van der Waals surface area contributed by atoms with Gasteiger partial charge in [0.15, 0.2) is 0 Å². The number of imide groups is 1. The van der Waals surface area contributed by atoms with Gasteiger partial charge in [0, 0.05) is 13.0 Å². The Balaban J connectivity index is 1.61. The summed E-state index contributed by atoms with van der Waals surface area (Å²) in [6.07, 6.45) is 3.84. The highest BCUT2D eigenvalue weighted by molar-refractivity contribution is 6.14. The summed E-state index contributed by atoms with van der Waals surface area (Å²) < 4.78 is 32.1. The van der Waals surface area contributed by atoms with E-state index < -0.39 is 29.7 Å². The van der Waals surface area contributed by atoms with Gasteiger partial charge in [-0.1, -0.05) is 12.2 Å². The van der Waals surface area contributed by atoms with Crippen LogP contribution < -0.4 is 0 Å². The fourth-order valence-corrected chi connectivity index (χ4v) is 4.90. The van der Waals surface area contributed by atoms with Gasteiger partial charge in [0.05, 0.1) is 28.3 Å². The third kappa shape index (κ3) is 0.969. The number of carbonyl (C=O) groups is 2. The van der Waals surface area contributed by atoms with Gasteiger partial charge < -0.3 is 9.47 Å². The number of ether oxygens (including phenoxy) is 2. The standard InChI is InChI=1S/C15H19NO4/c1-8(7-19-4)16-11(17)9-10-13(2)5-6-14(3,20-13)15(9,10)12(16)18/h5-6,8-10H,7H2,1-4H3/i4T3. The minimum atomic E-state index is -2.54. The summed E-state index contributed by atoms with van der Waals surface area (Å²) in [6, 6.07) is -0.613. The quantitative estimate of drug-likeness (QED) is 0.566. The number of piperidine rings is 1. The van der Waals surface area contributed by atoms with Crippen LogP contribution in [0.2, 0.25) is 0 Å². The molecule has 3 fully saturated rings. The van der Waals surface area contributed by atoms with Gasteiger partial charge in [0.1, 0.15) is 11.0 Å². The van der Waals surface area contributed by atoms with Crippen LogP contribution in [0.4, 0.5) is 0 Å². The van der Waals surface area contributed by atoms with Crippen molar-refractivity contribution in [2.75, 3.05) is 13.6 Å². The molecule has 2 bridgehead atoms. The number of fused-ring (bicyclic) bond motifs is 4. The van der Waals surface area contributed by atoms with Crippen molar-refractivity contribution in [1.29, 1.82) is 0 Å². The van der Waals surface area contributed by atoms with Crippen LogP contribution in [0.1, 0.15) is 24.9 Å². The van der Waals surface area contributed by atoms with E-state index in [4.69, 9.17) is 13.6 Å². The zero-order valence-corrected chi connectivity index (χ0v) is 11.7. The molecule has 1 saturated carbocycles. The molecule has 4 aliphatic rings. The van der Waals surface area contributed by atoms with E-state index in [0.717, 1.165) is 0 Å². The topological polar surface area (TPSA) is 55.8 Å². The summed E-state index contributed by atoms with van der Waals surface area (Å²) in [5, 5.41) is 0. The monoisotopic (exact) mass is 283 g/mol. The molecule has 20 heavy (non-hydrogen) atoms. The highest BCUT2D eigenvalue weighted by Crippen LogP contribution is 2.81. The number of rotatable bonds is 3. The number of hydrogen-bond acceptors (Lipinski definition) is 4. The Morgan fingerprint density at radius 2 is 2.25 bits per heavy atom. The van der Waals surface area contributed by atoms with Gasteiger partial charge in [-0.2, -0.15) is 0 Å². The second-order valence-corrected chi connectivity index (χ2v) is 6.72. The van der Waals surface area contributed by atoms with Crippen molar-refractivity contribution in [3.05, 3.63) is 12.2 Å². The number of likely N-dealkylation sites (tertiary alicyclic amines) is 1. The molecule has 5 heteroatoms. The Kier molecular flexibility index (Phi) is 1.54. The van der Waals surface area contributed by atoms with Crippen LogP contribution in [0.15, 0.2) is 12.2 Å². The molecular weight excluding hydrogens is 258 g/mol. The molecular formula is C15H19NO4. The fraction of sp³-hybridized carbons (Fsp3) is 0.733. The predicted octanol–water partition coefficient (Wildman–Crippen LogP) is 0.740. The van der Waals surface area contributed by atoms with E-state index in [2.05, 4.69) is 0 Å². The van der Waals surface area contributed by atoms with E-state index in [1.54, 1.807) is 6.92 Å². The number of hydrogen-bond donors (Lipinski definition) is 0. The molecule has 0 aromatic heterocycles. The second-order valence-electron chi connectivity index (χ2n) is 6.72. The van der Waals surface area contributed by atoms with Crippen molar-refractivity contribution in [2.45, 2.75) is 38.0 Å². The molecule has 6 atom stereocenters. The molecule has 1 spiro atoms. The van der Waals surface area contributed by atoms with E-state index >= 15 is 0 Å². The highest BCUT2D eigenvalue weighted by atomic mass is 16.5. The minimum Gasteiger partial charge on any atom is -0.383 e. The summed E-state index contributed by atoms with van der Waals surface area (Å²) in [6.45, 7) is 5.20. The maximum Gasteiger partial charge on any atom is 0.240 e. The Hall–Kier alpha value is -1.20. The van der Waals surface area contributed by atoms with Gasteiger partial charge >= 0.3 is 0 Å². The Morgan fingerprint density at radius 3 is 2.95 bits per heavy atom. The Labute approximate surface area is 122 Å².